The molecule has 3 saturated heterocycles. The standard InChI is InChI=1S/C22H26FN5O2/c23-14-4-5-17-13(8-14)3-6-19(17)28-16-9-20(22(28)30)26(11-16)12-18(25)21(29)27-7-1-2-15(27)10-24/h4-5,8,15-16,18-20H,1-3,6-7,9,11-12,25H2/t15-,16?,18-,19+,20-/m0/s1. The molecule has 0 aromatic heterocycles. The van der Waals surface area contributed by atoms with Crippen LogP contribution in [0.4, 0.5) is 4.39 Å². The number of carbonyl (C=O) groups is 2. The lowest BCUT2D eigenvalue weighted by atomic mass is 10.1. The first kappa shape index (κ1) is 19.5. The zero-order valence-corrected chi connectivity index (χ0v) is 16.8. The molecule has 0 radical (unpaired) electrons. The predicted molar refractivity (Wildman–Crippen MR) is 106 cm³/mol. The molecule has 7 nitrogen and oxygen atoms in total. The van der Waals surface area contributed by atoms with Gasteiger partial charge in [-0.05, 0) is 55.4 Å². The van der Waals surface area contributed by atoms with Gasteiger partial charge in [-0.3, -0.25) is 14.5 Å². The maximum absolute atomic E-state index is 13.5. The number of benzene rings is 1. The molecule has 1 aromatic carbocycles. The summed E-state index contributed by atoms with van der Waals surface area (Å²) < 4.78 is 13.5. The number of fused-ring (bicyclic) bond motifs is 3. The van der Waals surface area contributed by atoms with E-state index < -0.39 is 6.04 Å². The smallest absolute Gasteiger partial charge is 0.241 e. The number of carbonyl (C=O) groups excluding carboxylic acids is 2. The third-order valence-corrected chi connectivity index (χ3v) is 7.23. The Labute approximate surface area is 175 Å². The summed E-state index contributed by atoms with van der Waals surface area (Å²) in [7, 11) is 0. The summed E-state index contributed by atoms with van der Waals surface area (Å²) in [5.74, 6) is -0.341. The number of nitrogens with two attached hydrogens (primary N) is 1. The van der Waals surface area contributed by atoms with E-state index in [0.717, 1.165) is 36.8 Å². The molecule has 3 fully saturated rings. The molecule has 5 rings (SSSR count). The molecule has 4 aliphatic rings. The van der Waals surface area contributed by atoms with Crippen molar-refractivity contribution in [2.75, 3.05) is 19.6 Å². The molecular weight excluding hydrogens is 385 g/mol. The van der Waals surface area contributed by atoms with Crippen LogP contribution in [0.15, 0.2) is 18.2 Å². The van der Waals surface area contributed by atoms with Crippen LogP contribution < -0.4 is 5.73 Å². The van der Waals surface area contributed by atoms with Gasteiger partial charge in [0.05, 0.1) is 24.2 Å². The molecule has 1 aromatic rings. The van der Waals surface area contributed by atoms with E-state index in [4.69, 9.17) is 5.73 Å². The van der Waals surface area contributed by atoms with Crippen LogP contribution in [0.1, 0.15) is 42.9 Å². The van der Waals surface area contributed by atoms with Gasteiger partial charge >= 0.3 is 0 Å². The Kier molecular flexibility index (Phi) is 4.75. The van der Waals surface area contributed by atoms with Crippen LogP contribution in [0.3, 0.4) is 0 Å². The molecule has 2 N–H and O–H groups in total. The lowest BCUT2D eigenvalue weighted by Gasteiger charge is -2.38. The summed E-state index contributed by atoms with van der Waals surface area (Å²) in [4.78, 5) is 31.5. The number of hydrogen-bond acceptors (Lipinski definition) is 5. The van der Waals surface area contributed by atoms with E-state index in [1.165, 1.54) is 6.07 Å². The number of aryl methyl sites for hydroxylation is 1. The summed E-state index contributed by atoms with van der Waals surface area (Å²) >= 11 is 0. The second-order valence-corrected chi connectivity index (χ2v) is 8.93. The highest BCUT2D eigenvalue weighted by atomic mass is 19.1. The van der Waals surface area contributed by atoms with Crippen molar-refractivity contribution in [1.82, 2.24) is 14.7 Å². The lowest BCUT2D eigenvalue weighted by Crippen LogP contribution is -2.56. The first-order valence-electron chi connectivity index (χ1n) is 10.8. The van der Waals surface area contributed by atoms with Gasteiger partial charge in [-0.25, -0.2) is 4.39 Å². The van der Waals surface area contributed by atoms with Gasteiger partial charge in [0, 0.05) is 25.7 Å². The van der Waals surface area contributed by atoms with Gasteiger partial charge in [0.25, 0.3) is 0 Å². The fourth-order valence-electron chi connectivity index (χ4n) is 5.86. The Morgan fingerprint density at radius 2 is 2.17 bits per heavy atom. The highest BCUT2D eigenvalue weighted by Crippen LogP contribution is 2.43. The van der Waals surface area contributed by atoms with E-state index in [0.29, 0.717) is 26.1 Å². The summed E-state index contributed by atoms with van der Waals surface area (Å²) in [6.45, 7) is 1.61. The zero-order chi connectivity index (χ0) is 21.0. The fraction of sp³-hybridized carbons (Fsp3) is 0.591. The van der Waals surface area contributed by atoms with Crippen LogP contribution in [0.2, 0.25) is 0 Å². The fourth-order valence-corrected chi connectivity index (χ4v) is 5.86. The van der Waals surface area contributed by atoms with Crippen molar-refractivity contribution >= 4 is 11.8 Å². The van der Waals surface area contributed by atoms with E-state index in [-0.39, 0.29) is 41.8 Å². The zero-order valence-electron chi connectivity index (χ0n) is 16.8. The first-order chi connectivity index (χ1) is 14.5. The normalized spacial score (nSPS) is 31.3. The number of likely N-dealkylation sites (tertiary alicyclic amines) is 3. The van der Waals surface area contributed by atoms with Gasteiger partial charge in [0.15, 0.2) is 0 Å². The number of hydrogen-bond donors (Lipinski definition) is 1. The highest BCUT2D eigenvalue weighted by molar-refractivity contribution is 5.87. The van der Waals surface area contributed by atoms with Crippen molar-refractivity contribution < 1.29 is 14.0 Å². The molecule has 0 spiro atoms. The molecule has 158 valence electrons. The summed E-state index contributed by atoms with van der Waals surface area (Å²) in [6, 6.07) is 5.80. The number of nitrogens with zero attached hydrogens (tertiary/aromatic N) is 4. The minimum absolute atomic E-state index is 0.0153. The summed E-state index contributed by atoms with van der Waals surface area (Å²) in [5, 5.41) is 9.22. The Hall–Kier alpha value is -2.50. The van der Waals surface area contributed by atoms with Crippen LogP contribution >= 0.6 is 0 Å². The van der Waals surface area contributed by atoms with Crippen molar-refractivity contribution in [3.63, 3.8) is 0 Å². The molecule has 3 aliphatic heterocycles. The van der Waals surface area contributed by atoms with Gasteiger partial charge < -0.3 is 15.5 Å². The number of halogens is 1. The quantitative estimate of drug-likeness (QED) is 0.796. The minimum Gasteiger partial charge on any atom is -0.330 e. The van der Waals surface area contributed by atoms with Crippen LogP contribution in [-0.4, -0.2) is 70.3 Å². The van der Waals surface area contributed by atoms with E-state index in [1.54, 1.807) is 11.0 Å². The van der Waals surface area contributed by atoms with Crippen molar-refractivity contribution in [3.8, 4) is 6.07 Å². The number of rotatable bonds is 4. The maximum atomic E-state index is 13.5. The predicted octanol–water partition coefficient (Wildman–Crippen LogP) is 0.940. The largest absolute Gasteiger partial charge is 0.330 e. The SMILES string of the molecule is N#C[C@@H]1CCCN1C(=O)[C@@H](N)CN1CC2C[C@H]1C(=O)N2[C@@H]1CCc2cc(F)ccc21. The van der Waals surface area contributed by atoms with Gasteiger partial charge in [-0.15, -0.1) is 0 Å². The molecule has 2 bridgehead atoms. The molecule has 2 amide bonds. The van der Waals surface area contributed by atoms with Gasteiger partial charge in [0.2, 0.25) is 11.8 Å². The van der Waals surface area contributed by atoms with Crippen molar-refractivity contribution in [2.24, 2.45) is 5.73 Å². The monoisotopic (exact) mass is 411 g/mol. The third-order valence-electron chi connectivity index (χ3n) is 7.23. The van der Waals surface area contributed by atoms with Crippen LogP contribution in [-0.2, 0) is 16.0 Å². The molecule has 1 aliphatic carbocycles. The molecule has 1 unspecified atom stereocenters. The van der Waals surface area contributed by atoms with E-state index in [2.05, 4.69) is 6.07 Å². The molecule has 30 heavy (non-hydrogen) atoms. The number of nitriles is 1. The Balaban J connectivity index is 1.25. The molecular formula is C22H26FN5O2. The lowest BCUT2D eigenvalue weighted by molar-refractivity contribution is -0.141. The van der Waals surface area contributed by atoms with E-state index in [9.17, 15) is 19.2 Å². The number of amides is 2. The summed E-state index contributed by atoms with van der Waals surface area (Å²) in [5.41, 5.74) is 8.26. The van der Waals surface area contributed by atoms with Crippen LogP contribution in [0, 0.1) is 17.1 Å². The van der Waals surface area contributed by atoms with E-state index >= 15 is 0 Å². The van der Waals surface area contributed by atoms with Gasteiger partial charge in [-0.2, -0.15) is 5.26 Å². The molecule has 5 atom stereocenters. The average molecular weight is 411 g/mol. The molecule has 8 heteroatoms. The Morgan fingerprint density at radius 1 is 1.33 bits per heavy atom. The first-order valence-corrected chi connectivity index (χ1v) is 10.8. The van der Waals surface area contributed by atoms with Crippen LogP contribution in [0.25, 0.3) is 0 Å². The maximum Gasteiger partial charge on any atom is 0.241 e. The van der Waals surface area contributed by atoms with Crippen LogP contribution in [0.5, 0.6) is 0 Å². The van der Waals surface area contributed by atoms with Crippen molar-refractivity contribution in [2.45, 2.75) is 62.3 Å². The topological polar surface area (TPSA) is 93.7 Å². The van der Waals surface area contributed by atoms with E-state index in [1.807, 2.05) is 15.9 Å². The summed E-state index contributed by atoms with van der Waals surface area (Å²) in [6.07, 6.45) is 3.89. The second-order valence-electron chi connectivity index (χ2n) is 8.93. The van der Waals surface area contributed by atoms with Gasteiger partial charge in [0.1, 0.15) is 11.9 Å². The second kappa shape index (κ2) is 7.33. The molecule has 3 heterocycles. The minimum atomic E-state index is -0.727. The Bertz CT molecular complexity index is 931. The average Bonchev–Trinajstić information content (AvgIpc) is 3.49. The number of piperazine rings is 1. The highest BCUT2D eigenvalue weighted by Gasteiger charge is 2.53. The van der Waals surface area contributed by atoms with Crippen molar-refractivity contribution in [3.05, 3.63) is 35.1 Å². The van der Waals surface area contributed by atoms with Gasteiger partial charge in [-0.1, -0.05) is 6.07 Å². The Morgan fingerprint density at radius 3 is 2.93 bits per heavy atom. The molecule has 0 saturated carbocycles. The van der Waals surface area contributed by atoms with Crippen molar-refractivity contribution in [1.29, 1.82) is 5.26 Å². The third kappa shape index (κ3) is 2.99.